The summed E-state index contributed by atoms with van der Waals surface area (Å²) < 4.78 is 2.03. The van der Waals surface area contributed by atoms with Crippen molar-refractivity contribution in [3.05, 3.63) is 93.3 Å². The van der Waals surface area contributed by atoms with Crippen LogP contribution in [0.25, 0.3) is 10.9 Å². The third kappa shape index (κ3) is 3.10. The molecule has 1 unspecified atom stereocenters. The maximum absolute atomic E-state index is 13.7. The standard InChI is InChI=1S/C25H21N3OS/c1-27-16-21(20-4-2-3-5-22(20)27)25(29)28-12-10-19-11-13-30-24(19)23(28)14-17-6-8-18(15-26)9-7-17/h2-9,11,13,16,23H,10,12,14H2,1H3. The fourth-order valence-corrected chi connectivity index (χ4v) is 5.50. The molecular weight excluding hydrogens is 390 g/mol. The summed E-state index contributed by atoms with van der Waals surface area (Å²) >= 11 is 1.73. The Hall–Kier alpha value is -3.36. The Labute approximate surface area is 179 Å². The summed E-state index contributed by atoms with van der Waals surface area (Å²) in [7, 11) is 1.99. The molecule has 4 aromatic rings. The lowest BCUT2D eigenvalue weighted by Crippen LogP contribution is -2.40. The molecule has 4 nitrogen and oxygen atoms in total. The second kappa shape index (κ2) is 7.47. The minimum atomic E-state index is 0.00755. The first kappa shape index (κ1) is 18.7. The van der Waals surface area contributed by atoms with Gasteiger partial charge < -0.3 is 9.47 Å². The number of nitriles is 1. The van der Waals surface area contributed by atoms with E-state index in [-0.39, 0.29) is 11.9 Å². The number of amides is 1. The van der Waals surface area contributed by atoms with E-state index in [1.807, 2.05) is 71.2 Å². The summed E-state index contributed by atoms with van der Waals surface area (Å²) in [6.07, 6.45) is 3.59. The molecule has 5 heteroatoms. The van der Waals surface area contributed by atoms with Crippen LogP contribution in [-0.2, 0) is 19.9 Å². The van der Waals surface area contributed by atoms with Gasteiger partial charge >= 0.3 is 0 Å². The van der Waals surface area contributed by atoms with E-state index < -0.39 is 0 Å². The van der Waals surface area contributed by atoms with Crippen molar-refractivity contribution < 1.29 is 4.79 Å². The number of para-hydroxylation sites is 1. The summed E-state index contributed by atoms with van der Waals surface area (Å²) in [4.78, 5) is 17.1. The van der Waals surface area contributed by atoms with E-state index in [1.165, 1.54) is 10.4 Å². The van der Waals surface area contributed by atoms with Crippen LogP contribution < -0.4 is 0 Å². The highest BCUT2D eigenvalue weighted by atomic mass is 32.1. The van der Waals surface area contributed by atoms with Crippen molar-refractivity contribution in [1.29, 1.82) is 5.26 Å². The highest BCUT2D eigenvalue weighted by molar-refractivity contribution is 7.10. The third-order valence-electron chi connectivity index (χ3n) is 5.98. The number of nitrogens with zero attached hydrogens (tertiary/aromatic N) is 3. The van der Waals surface area contributed by atoms with Crippen molar-refractivity contribution in [2.75, 3.05) is 6.54 Å². The van der Waals surface area contributed by atoms with Gasteiger partial charge in [-0.15, -0.1) is 11.3 Å². The van der Waals surface area contributed by atoms with Crippen LogP contribution >= 0.6 is 11.3 Å². The molecule has 0 N–H and O–H groups in total. The molecule has 1 atom stereocenters. The van der Waals surface area contributed by atoms with Gasteiger partial charge in [0.15, 0.2) is 0 Å². The fraction of sp³-hybridized carbons (Fsp3) is 0.200. The fourth-order valence-electron chi connectivity index (χ4n) is 4.44. The zero-order valence-electron chi connectivity index (χ0n) is 16.7. The monoisotopic (exact) mass is 411 g/mol. The third-order valence-corrected chi connectivity index (χ3v) is 7.04. The molecule has 1 amide bonds. The minimum Gasteiger partial charge on any atom is -0.350 e. The predicted octanol–water partition coefficient (Wildman–Crippen LogP) is 5.09. The zero-order valence-corrected chi connectivity index (χ0v) is 17.5. The number of hydrogen-bond donors (Lipinski definition) is 0. The Kier molecular flexibility index (Phi) is 4.65. The lowest BCUT2D eigenvalue weighted by Gasteiger charge is -2.36. The van der Waals surface area contributed by atoms with Gasteiger partial charge in [0.05, 0.1) is 23.2 Å². The smallest absolute Gasteiger partial charge is 0.256 e. The van der Waals surface area contributed by atoms with Crippen molar-refractivity contribution in [2.24, 2.45) is 7.05 Å². The predicted molar refractivity (Wildman–Crippen MR) is 120 cm³/mol. The van der Waals surface area contributed by atoms with E-state index in [1.54, 1.807) is 11.3 Å². The van der Waals surface area contributed by atoms with Gasteiger partial charge in [-0.05, 0) is 53.6 Å². The van der Waals surface area contributed by atoms with Crippen LogP contribution in [-0.4, -0.2) is 21.9 Å². The molecule has 5 rings (SSSR count). The summed E-state index contributed by atoms with van der Waals surface area (Å²) in [5.41, 5.74) is 4.97. The molecule has 2 aromatic carbocycles. The molecule has 0 radical (unpaired) electrons. The average molecular weight is 412 g/mol. The van der Waals surface area contributed by atoms with Gasteiger partial charge in [-0.25, -0.2) is 0 Å². The Bertz CT molecular complexity index is 1280. The number of hydrogen-bond acceptors (Lipinski definition) is 3. The molecule has 148 valence electrons. The Morgan fingerprint density at radius 1 is 1.17 bits per heavy atom. The number of benzene rings is 2. The van der Waals surface area contributed by atoms with Gasteiger partial charge in [-0.2, -0.15) is 5.26 Å². The van der Waals surface area contributed by atoms with Crippen LogP contribution in [0, 0.1) is 11.3 Å². The van der Waals surface area contributed by atoms with Crippen molar-refractivity contribution >= 4 is 28.1 Å². The van der Waals surface area contributed by atoms with Crippen LogP contribution in [0.2, 0.25) is 0 Å². The number of rotatable bonds is 3. The number of fused-ring (bicyclic) bond motifs is 2. The van der Waals surface area contributed by atoms with E-state index in [0.29, 0.717) is 12.1 Å². The summed E-state index contributed by atoms with van der Waals surface area (Å²) in [6.45, 7) is 0.715. The van der Waals surface area contributed by atoms with E-state index in [2.05, 4.69) is 17.5 Å². The van der Waals surface area contributed by atoms with Crippen molar-refractivity contribution in [3.63, 3.8) is 0 Å². The quantitative estimate of drug-likeness (QED) is 0.471. The van der Waals surface area contributed by atoms with Gasteiger partial charge in [0.25, 0.3) is 5.91 Å². The second-order valence-corrected chi connectivity index (χ2v) is 8.71. The summed E-state index contributed by atoms with van der Waals surface area (Å²) in [5.74, 6) is 0.0875. The molecule has 0 saturated heterocycles. The van der Waals surface area contributed by atoms with Gasteiger partial charge in [0, 0.05) is 35.6 Å². The Morgan fingerprint density at radius 3 is 2.77 bits per heavy atom. The van der Waals surface area contributed by atoms with Crippen LogP contribution in [0.4, 0.5) is 0 Å². The van der Waals surface area contributed by atoms with E-state index in [0.717, 1.165) is 34.9 Å². The van der Waals surface area contributed by atoms with E-state index in [9.17, 15) is 4.79 Å². The van der Waals surface area contributed by atoms with Crippen molar-refractivity contribution in [3.8, 4) is 6.07 Å². The molecule has 0 aliphatic carbocycles. The van der Waals surface area contributed by atoms with Gasteiger partial charge in [0.1, 0.15) is 0 Å². The number of carbonyl (C=O) groups is 1. The molecule has 0 bridgehead atoms. The highest BCUT2D eigenvalue weighted by Crippen LogP contribution is 2.38. The van der Waals surface area contributed by atoms with Crippen LogP contribution in [0.15, 0.2) is 66.2 Å². The summed E-state index contributed by atoms with van der Waals surface area (Å²) in [5, 5.41) is 12.2. The molecule has 2 aromatic heterocycles. The first-order valence-electron chi connectivity index (χ1n) is 10.1. The van der Waals surface area contributed by atoms with Crippen LogP contribution in [0.3, 0.4) is 0 Å². The number of thiophene rings is 1. The molecule has 3 heterocycles. The highest BCUT2D eigenvalue weighted by Gasteiger charge is 2.33. The largest absolute Gasteiger partial charge is 0.350 e. The van der Waals surface area contributed by atoms with Gasteiger partial charge in [-0.1, -0.05) is 30.3 Å². The normalized spacial score (nSPS) is 15.7. The minimum absolute atomic E-state index is 0.00755. The second-order valence-electron chi connectivity index (χ2n) is 7.76. The van der Waals surface area contributed by atoms with Crippen LogP contribution in [0.5, 0.6) is 0 Å². The maximum Gasteiger partial charge on any atom is 0.256 e. The molecule has 0 fully saturated rings. The number of aryl methyl sites for hydroxylation is 1. The first-order chi connectivity index (χ1) is 14.7. The maximum atomic E-state index is 13.7. The summed E-state index contributed by atoms with van der Waals surface area (Å²) in [6, 6.07) is 20.1. The molecule has 1 aliphatic rings. The lowest BCUT2D eigenvalue weighted by atomic mass is 9.94. The zero-order chi connectivity index (χ0) is 20.7. The van der Waals surface area contributed by atoms with Gasteiger partial charge in [0.2, 0.25) is 0 Å². The molecule has 30 heavy (non-hydrogen) atoms. The molecular formula is C25H21N3OS. The van der Waals surface area contributed by atoms with E-state index >= 15 is 0 Å². The molecule has 1 aliphatic heterocycles. The van der Waals surface area contributed by atoms with Crippen molar-refractivity contribution in [1.82, 2.24) is 9.47 Å². The first-order valence-corrected chi connectivity index (χ1v) is 10.9. The van der Waals surface area contributed by atoms with Crippen molar-refractivity contribution in [2.45, 2.75) is 18.9 Å². The van der Waals surface area contributed by atoms with Gasteiger partial charge in [-0.3, -0.25) is 4.79 Å². The molecule has 0 saturated carbocycles. The average Bonchev–Trinajstić information content (AvgIpc) is 3.39. The molecule has 0 spiro atoms. The Morgan fingerprint density at radius 2 is 1.97 bits per heavy atom. The topological polar surface area (TPSA) is 49.0 Å². The lowest BCUT2D eigenvalue weighted by molar-refractivity contribution is 0.0666. The van der Waals surface area contributed by atoms with Crippen LogP contribution in [0.1, 0.15) is 38.0 Å². The van der Waals surface area contributed by atoms with E-state index in [4.69, 9.17) is 5.26 Å². The SMILES string of the molecule is Cn1cc(C(=O)N2CCc3ccsc3C2Cc2ccc(C#N)cc2)c2ccccc21. The number of carbonyl (C=O) groups excluding carboxylic acids is 1. The Balaban J connectivity index is 1.53. The number of aromatic nitrogens is 1.